The fraction of sp³-hybridized carbons (Fsp3) is 0.243. The molecule has 1 amide bonds. The first-order chi connectivity index (χ1) is 24.9. The summed E-state index contributed by atoms with van der Waals surface area (Å²) < 4.78 is 63.9. The minimum absolute atomic E-state index is 0.00285. The molecule has 0 bridgehead atoms. The second-order valence-corrected chi connectivity index (χ2v) is 15.0. The molecule has 0 spiro atoms. The predicted molar refractivity (Wildman–Crippen MR) is 194 cm³/mol. The van der Waals surface area contributed by atoms with Gasteiger partial charge in [0, 0.05) is 37.7 Å². The maximum Gasteiger partial charge on any atom is 0.296 e. The third-order valence-corrected chi connectivity index (χ3v) is 11.7. The van der Waals surface area contributed by atoms with Gasteiger partial charge in [0.05, 0.1) is 28.0 Å². The standard InChI is InChI=1S/C37H33Cl2FN4O7S/c1-22-35(37(46)44(42(22)2)27-6-4-3-5-7-27)41-52(47,48)33-17-24(16-30(38)34(33)39)36(45)43-15-14-29(23-8-10-26(40)11-9-23)25(19-43)20-49-28-12-13-31-32(18-28)51-21-50-31/h3-13,16-18,25,29,41H,14-15,19-21H2,1-2H3/t25-,29-/m0/s1. The zero-order valence-electron chi connectivity index (χ0n) is 28.0. The summed E-state index contributed by atoms with van der Waals surface area (Å²) in [6.45, 7) is 2.51. The number of anilines is 1. The summed E-state index contributed by atoms with van der Waals surface area (Å²) in [6, 6.07) is 22.8. The zero-order chi connectivity index (χ0) is 36.7. The second kappa shape index (κ2) is 14.2. The number of rotatable bonds is 9. The van der Waals surface area contributed by atoms with Crippen LogP contribution in [0.5, 0.6) is 17.2 Å². The van der Waals surface area contributed by atoms with Crippen molar-refractivity contribution in [3.8, 4) is 22.9 Å². The third-order valence-electron chi connectivity index (χ3n) is 9.45. The number of halogens is 3. The highest BCUT2D eigenvalue weighted by Crippen LogP contribution is 2.38. The van der Waals surface area contributed by atoms with Gasteiger partial charge in [0.2, 0.25) is 6.79 Å². The van der Waals surface area contributed by atoms with Gasteiger partial charge in [-0.15, -0.1) is 0 Å². The number of piperidine rings is 1. The zero-order valence-corrected chi connectivity index (χ0v) is 30.3. The molecule has 11 nitrogen and oxygen atoms in total. The number of hydrogen-bond acceptors (Lipinski definition) is 7. The highest BCUT2D eigenvalue weighted by Gasteiger charge is 2.35. The van der Waals surface area contributed by atoms with Crippen LogP contribution >= 0.6 is 23.2 Å². The lowest BCUT2D eigenvalue weighted by molar-refractivity contribution is 0.0594. The summed E-state index contributed by atoms with van der Waals surface area (Å²) in [5.74, 6) is 0.624. The fourth-order valence-electron chi connectivity index (χ4n) is 6.64. The summed E-state index contributed by atoms with van der Waals surface area (Å²) >= 11 is 12.9. The van der Waals surface area contributed by atoms with Crippen LogP contribution in [-0.4, -0.2) is 55.1 Å². The highest BCUT2D eigenvalue weighted by atomic mass is 35.5. The van der Waals surface area contributed by atoms with E-state index in [9.17, 15) is 22.4 Å². The number of nitrogens with one attached hydrogen (secondary N) is 1. The number of likely N-dealkylation sites (tertiary alicyclic amines) is 1. The van der Waals surface area contributed by atoms with Gasteiger partial charge in [-0.3, -0.25) is 19.0 Å². The molecule has 5 aromatic rings. The molecule has 4 aromatic carbocycles. The summed E-state index contributed by atoms with van der Waals surface area (Å²) in [6.07, 6.45) is 0.529. The summed E-state index contributed by atoms with van der Waals surface area (Å²) in [5, 5.41) is -0.448. The monoisotopic (exact) mass is 766 g/mol. The van der Waals surface area contributed by atoms with Crippen LogP contribution in [-0.2, 0) is 17.1 Å². The Morgan fingerprint density at radius 3 is 2.48 bits per heavy atom. The molecule has 0 saturated carbocycles. The molecule has 15 heteroatoms. The van der Waals surface area contributed by atoms with E-state index in [1.807, 2.05) is 0 Å². The lowest BCUT2D eigenvalue weighted by Gasteiger charge is -2.39. The fourth-order valence-corrected chi connectivity index (χ4v) is 8.58. The van der Waals surface area contributed by atoms with Gasteiger partial charge in [0.1, 0.15) is 22.1 Å². The Kier molecular flexibility index (Phi) is 9.68. The van der Waals surface area contributed by atoms with E-state index in [4.69, 9.17) is 37.4 Å². The Morgan fingerprint density at radius 2 is 1.73 bits per heavy atom. The van der Waals surface area contributed by atoms with Crippen molar-refractivity contribution in [2.75, 3.05) is 31.2 Å². The van der Waals surface area contributed by atoms with Gasteiger partial charge in [-0.1, -0.05) is 53.5 Å². The van der Waals surface area contributed by atoms with E-state index in [2.05, 4.69) is 4.72 Å². The van der Waals surface area contributed by atoms with Gasteiger partial charge in [0.15, 0.2) is 11.5 Å². The van der Waals surface area contributed by atoms with Gasteiger partial charge >= 0.3 is 0 Å². The number of hydrogen-bond donors (Lipinski definition) is 1. The average molecular weight is 768 g/mol. The second-order valence-electron chi connectivity index (χ2n) is 12.6. The lowest BCUT2D eigenvalue weighted by atomic mass is 9.80. The predicted octanol–water partition coefficient (Wildman–Crippen LogP) is 6.78. The Balaban J connectivity index is 1.15. The minimum atomic E-state index is -4.52. The number of aromatic nitrogens is 2. The molecule has 1 saturated heterocycles. The minimum Gasteiger partial charge on any atom is -0.493 e. The van der Waals surface area contributed by atoms with E-state index >= 15 is 0 Å². The van der Waals surface area contributed by atoms with Crippen LogP contribution < -0.4 is 24.5 Å². The van der Waals surface area contributed by atoms with Crippen LogP contribution in [0.15, 0.2) is 94.6 Å². The molecule has 1 N–H and O–H groups in total. The molecule has 3 heterocycles. The number of para-hydroxylation sites is 1. The van der Waals surface area contributed by atoms with E-state index in [0.29, 0.717) is 41.6 Å². The largest absolute Gasteiger partial charge is 0.493 e. The van der Waals surface area contributed by atoms with Crippen LogP contribution in [0.3, 0.4) is 0 Å². The van der Waals surface area contributed by atoms with Gasteiger partial charge in [-0.2, -0.15) is 0 Å². The number of carbonyl (C=O) groups excluding carboxylic acids is 1. The molecule has 270 valence electrons. The van der Waals surface area contributed by atoms with Crippen molar-refractivity contribution in [1.82, 2.24) is 14.3 Å². The van der Waals surface area contributed by atoms with Gasteiger partial charge in [-0.05, 0) is 73.4 Å². The van der Waals surface area contributed by atoms with E-state index in [1.165, 1.54) is 27.6 Å². The average Bonchev–Trinajstić information content (AvgIpc) is 3.69. The van der Waals surface area contributed by atoms with Crippen LogP contribution in [0, 0.1) is 18.7 Å². The molecular formula is C37H33Cl2FN4O7S. The van der Waals surface area contributed by atoms with Crippen molar-refractivity contribution in [3.05, 3.63) is 128 Å². The Hall–Kier alpha value is -4.98. The topological polar surface area (TPSA) is 121 Å². The molecule has 0 radical (unpaired) electrons. The number of ether oxygens (including phenoxy) is 3. The Bertz CT molecular complexity index is 2330. The van der Waals surface area contributed by atoms with E-state index in [-0.39, 0.29) is 58.9 Å². The van der Waals surface area contributed by atoms with E-state index in [0.717, 1.165) is 11.6 Å². The van der Waals surface area contributed by atoms with Crippen molar-refractivity contribution in [3.63, 3.8) is 0 Å². The number of sulfonamides is 1. The lowest BCUT2D eigenvalue weighted by Crippen LogP contribution is -2.45. The molecule has 2 aliphatic rings. The number of nitrogens with zero attached hydrogens (tertiary/aromatic N) is 3. The van der Waals surface area contributed by atoms with Crippen molar-refractivity contribution in [2.24, 2.45) is 13.0 Å². The molecule has 7 rings (SSSR count). The smallest absolute Gasteiger partial charge is 0.296 e. The van der Waals surface area contributed by atoms with E-state index in [1.54, 1.807) is 79.5 Å². The van der Waals surface area contributed by atoms with Crippen molar-refractivity contribution >= 4 is 44.8 Å². The number of benzene rings is 4. The first-order valence-electron chi connectivity index (χ1n) is 16.3. The van der Waals surface area contributed by atoms with Crippen molar-refractivity contribution in [2.45, 2.75) is 24.2 Å². The summed E-state index contributed by atoms with van der Waals surface area (Å²) in [4.78, 5) is 28.7. The quantitative estimate of drug-likeness (QED) is 0.176. The molecule has 1 aromatic heterocycles. The SMILES string of the molecule is Cc1c(NS(=O)(=O)c2cc(C(=O)N3CC[C@@H](c4ccc(F)cc4)[C@H](COc4ccc5c(c4)OCO5)C3)cc(Cl)c2Cl)c(=O)n(-c2ccccc2)n1C. The van der Waals surface area contributed by atoms with Gasteiger partial charge in [0.25, 0.3) is 21.5 Å². The van der Waals surface area contributed by atoms with Gasteiger partial charge < -0.3 is 19.1 Å². The Morgan fingerprint density at radius 1 is 1.00 bits per heavy atom. The molecule has 2 aliphatic heterocycles. The number of fused-ring (bicyclic) bond motifs is 1. The molecule has 0 unspecified atom stereocenters. The van der Waals surface area contributed by atoms with Crippen LogP contribution in [0.25, 0.3) is 5.69 Å². The van der Waals surface area contributed by atoms with Gasteiger partial charge in [-0.25, -0.2) is 17.5 Å². The van der Waals surface area contributed by atoms with Crippen LogP contribution in [0.4, 0.5) is 10.1 Å². The van der Waals surface area contributed by atoms with Crippen LogP contribution in [0.2, 0.25) is 10.0 Å². The summed E-state index contributed by atoms with van der Waals surface area (Å²) in [7, 11) is -2.88. The number of carbonyl (C=O) groups is 1. The first kappa shape index (κ1) is 35.4. The van der Waals surface area contributed by atoms with Crippen LogP contribution in [0.1, 0.15) is 34.0 Å². The Labute approximate surface area is 309 Å². The normalized spacial score (nSPS) is 16.9. The molecule has 52 heavy (non-hydrogen) atoms. The highest BCUT2D eigenvalue weighted by molar-refractivity contribution is 7.92. The molecule has 0 aliphatic carbocycles. The van der Waals surface area contributed by atoms with Crippen molar-refractivity contribution < 1.29 is 31.8 Å². The molecule has 1 fully saturated rings. The maximum atomic E-state index is 14.1. The van der Waals surface area contributed by atoms with E-state index < -0.39 is 26.4 Å². The third kappa shape index (κ3) is 6.83. The summed E-state index contributed by atoms with van der Waals surface area (Å²) in [5.41, 5.74) is 1.02. The molecule has 2 atom stereocenters. The maximum absolute atomic E-state index is 14.1. The van der Waals surface area contributed by atoms with Crippen molar-refractivity contribution in [1.29, 1.82) is 0 Å². The first-order valence-corrected chi connectivity index (χ1v) is 18.6. The number of amides is 1. The molecular weight excluding hydrogens is 734 g/mol.